The molecule has 2 N–H and O–H groups in total. The molecule has 2 aromatic heterocycles. The van der Waals surface area contributed by atoms with Crippen molar-refractivity contribution in [1.82, 2.24) is 19.5 Å². The van der Waals surface area contributed by atoms with Crippen molar-refractivity contribution in [3.8, 4) is 23.6 Å². The summed E-state index contributed by atoms with van der Waals surface area (Å²) in [4.78, 5) is 6.92. The number of terminal acetylenes is 1. The number of benzene rings is 1. The molecule has 5 heteroatoms. The van der Waals surface area contributed by atoms with Crippen molar-refractivity contribution >= 4 is 17.0 Å². The fourth-order valence-corrected chi connectivity index (χ4v) is 3.86. The molecule has 0 bridgehead atoms. The number of likely N-dealkylation sites (tertiary alicyclic amines) is 1. The fraction of sp³-hybridized carbons (Fsp3) is 0.310. The third-order valence-electron chi connectivity index (χ3n) is 5.79. The molecule has 4 rings (SSSR count). The largest absolute Gasteiger partial charge is 0.384 e. The molecular formula is C29H35N5. The smallest absolute Gasteiger partial charge is 0.165 e. The highest BCUT2D eigenvalue weighted by Gasteiger charge is 2.19. The number of hydrogen-bond donors (Lipinski definition) is 1. The number of rotatable bonds is 5. The van der Waals surface area contributed by atoms with Crippen molar-refractivity contribution in [2.75, 3.05) is 25.9 Å². The van der Waals surface area contributed by atoms with E-state index in [0.29, 0.717) is 11.5 Å². The van der Waals surface area contributed by atoms with Crippen molar-refractivity contribution in [1.29, 1.82) is 0 Å². The number of nitrogens with two attached hydrogens (primary N) is 1. The molecule has 1 aliphatic rings. The zero-order chi connectivity index (χ0) is 24.7. The normalized spacial score (nSPS) is 14.6. The van der Waals surface area contributed by atoms with Gasteiger partial charge in [0.25, 0.3) is 0 Å². The molecule has 1 fully saturated rings. The van der Waals surface area contributed by atoms with E-state index < -0.39 is 0 Å². The van der Waals surface area contributed by atoms with E-state index in [1.807, 2.05) is 37.4 Å². The Bertz CT molecular complexity index is 1260. The van der Waals surface area contributed by atoms with Crippen LogP contribution in [0.25, 0.3) is 22.5 Å². The van der Waals surface area contributed by atoms with Gasteiger partial charge in [0.05, 0.1) is 5.56 Å². The molecule has 0 unspecified atom stereocenters. The fourth-order valence-electron chi connectivity index (χ4n) is 3.86. The van der Waals surface area contributed by atoms with Gasteiger partial charge in [0.15, 0.2) is 5.65 Å². The van der Waals surface area contributed by atoms with Crippen LogP contribution in [0.5, 0.6) is 0 Å². The van der Waals surface area contributed by atoms with Crippen LogP contribution in [-0.4, -0.2) is 39.6 Å². The summed E-state index contributed by atoms with van der Waals surface area (Å²) in [6.07, 6.45) is 15.4. The van der Waals surface area contributed by atoms with Crippen LogP contribution in [0, 0.1) is 12.3 Å². The van der Waals surface area contributed by atoms with Crippen LogP contribution in [0.15, 0.2) is 66.4 Å². The first-order valence-electron chi connectivity index (χ1n) is 11.8. The molecule has 5 nitrogen and oxygen atoms in total. The van der Waals surface area contributed by atoms with Gasteiger partial charge in [0, 0.05) is 17.3 Å². The molecule has 3 aromatic rings. The molecule has 0 aliphatic carbocycles. The average molecular weight is 454 g/mol. The average Bonchev–Trinajstić information content (AvgIpc) is 3.45. The highest BCUT2D eigenvalue weighted by atomic mass is 15.3. The first-order valence-corrected chi connectivity index (χ1v) is 11.8. The first-order chi connectivity index (χ1) is 16.3. The summed E-state index contributed by atoms with van der Waals surface area (Å²) in [6, 6.07) is 9.55. The molecule has 0 radical (unpaired) electrons. The van der Waals surface area contributed by atoms with Crippen LogP contribution >= 0.6 is 0 Å². The third kappa shape index (κ3) is 6.24. The lowest BCUT2D eigenvalue weighted by atomic mass is 9.96. The predicted molar refractivity (Wildman–Crippen MR) is 144 cm³/mol. The van der Waals surface area contributed by atoms with E-state index >= 15 is 0 Å². The standard InChI is InChI=1S/C24H24N4.C5H11N/c1-6-17(5)14-20(13-16(3)4)22-23(19-10-8-9-18(7-2)15-19)27-28-12-11-21(25)26-24(22)28;1-6-4-2-3-5-6/h2,8-15H,3,6H2,1,4-5H3,(H2,25,26);2-5H2,1H3/b17-14+,20-13+;. The van der Waals surface area contributed by atoms with Crippen molar-refractivity contribution < 1.29 is 0 Å². The minimum absolute atomic E-state index is 0.448. The molecule has 0 saturated carbocycles. The molecule has 3 heterocycles. The van der Waals surface area contributed by atoms with Crippen LogP contribution in [-0.2, 0) is 0 Å². The molecule has 0 spiro atoms. The maximum Gasteiger partial charge on any atom is 0.165 e. The number of fused-ring (bicyclic) bond motifs is 1. The third-order valence-corrected chi connectivity index (χ3v) is 5.79. The van der Waals surface area contributed by atoms with Crippen molar-refractivity contribution in [3.05, 3.63) is 77.5 Å². The molecule has 0 atom stereocenters. The molecular weight excluding hydrogens is 418 g/mol. The lowest BCUT2D eigenvalue weighted by Crippen LogP contribution is -2.10. The number of allylic oxidation sites excluding steroid dienone is 5. The number of aromatic nitrogens is 3. The van der Waals surface area contributed by atoms with Gasteiger partial charge >= 0.3 is 0 Å². The summed E-state index contributed by atoms with van der Waals surface area (Å²) in [5.74, 6) is 3.14. The second-order valence-electron chi connectivity index (χ2n) is 8.87. The van der Waals surface area contributed by atoms with E-state index in [2.05, 4.69) is 55.4 Å². The van der Waals surface area contributed by atoms with Crippen molar-refractivity contribution in [2.24, 2.45) is 0 Å². The van der Waals surface area contributed by atoms with Crippen LogP contribution < -0.4 is 5.73 Å². The lowest BCUT2D eigenvalue weighted by Gasteiger charge is -2.08. The van der Waals surface area contributed by atoms with Gasteiger partial charge in [-0.05, 0) is 77.0 Å². The Balaban J connectivity index is 0.000000469. The van der Waals surface area contributed by atoms with Gasteiger partial charge in [-0.2, -0.15) is 5.10 Å². The Morgan fingerprint density at radius 3 is 2.53 bits per heavy atom. The molecule has 176 valence electrons. The highest BCUT2D eigenvalue weighted by Crippen LogP contribution is 2.34. The molecule has 34 heavy (non-hydrogen) atoms. The van der Waals surface area contributed by atoms with Crippen LogP contribution in [0.4, 0.5) is 5.82 Å². The van der Waals surface area contributed by atoms with Gasteiger partial charge in [-0.25, -0.2) is 9.50 Å². The summed E-state index contributed by atoms with van der Waals surface area (Å²) in [5, 5.41) is 4.79. The van der Waals surface area contributed by atoms with Gasteiger partial charge in [-0.1, -0.05) is 54.9 Å². The van der Waals surface area contributed by atoms with Crippen molar-refractivity contribution in [3.63, 3.8) is 0 Å². The van der Waals surface area contributed by atoms with E-state index in [-0.39, 0.29) is 0 Å². The van der Waals surface area contributed by atoms with Gasteiger partial charge < -0.3 is 10.6 Å². The summed E-state index contributed by atoms with van der Waals surface area (Å²) in [5.41, 5.74) is 13.3. The predicted octanol–water partition coefficient (Wildman–Crippen LogP) is 5.99. The van der Waals surface area contributed by atoms with E-state index in [9.17, 15) is 0 Å². The Morgan fingerprint density at radius 1 is 1.21 bits per heavy atom. The zero-order valence-corrected chi connectivity index (χ0v) is 20.8. The maximum absolute atomic E-state index is 5.98. The highest BCUT2D eigenvalue weighted by molar-refractivity contribution is 5.92. The van der Waals surface area contributed by atoms with Crippen LogP contribution in [0.3, 0.4) is 0 Å². The van der Waals surface area contributed by atoms with Crippen LogP contribution in [0.1, 0.15) is 51.2 Å². The second-order valence-corrected chi connectivity index (χ2v) is 8.87. The van der Waals surface area contributed by atoms with Crippen LogP contribution in [0.2, 0.25) is 0 Å². The van der Waals surface area contributed by atoms with E-state index in [1.54, 1.807) is 10.6 Å². The SMILES string of the molecule is C#Cc1cccc(-c2nn3ccc(N)nc3c2C(/C=C(\C)CC)=C/C(=C)C)c1.CN1CCCC1. The Morgan fingerprint density at radius 2 is 1.94 bits per heavy atom. The quantitative estimate of drug-likeness (QED) is 0.381. The van der Waals surface area contributed by atoms with Gasteiger partial charge in [0.2, 0.25) is 0 Å². The van der Waals surface area contributed by atoms with E-state index in [4.69, 9.17) is 17.3 Å². The number of hydrogen-bond acceptors (Lipinski definition) is 4. The Hall–Kier alpha value is -3.62. The summed E-state index contributed by atoms with van der Waals surface area (Å²) in [6.45, 7) is 12.9. The van der Waals surface area contributed by atoms with E-state index in [1.165, 1.54) is 31.5 Å². The minimum atomic E-state index is 0.448. The molecule has 1 aliphatic heterocycles. The number of nitrogen functional groups attached to an aromatic ring is 1. The first kappa shape index (κ1) is 25.0. The van der Waals surface area contributed by atoms with Gasteiger partial charge in [-0.15, -0.1) is 6.42 Å². The van der Waals surface area contributed by atoms with E-state index in [0.717, 1.165) is 40.0 Å². The molecule has 1 aromatic carbocycles. The number of anilines is 1. The summed E-state index contributed by atoms with van der Waals surface area (Å²) in [7, 11) is 2.17. The maximum atomic E-state index is 5.98. The minimum Gasteiger partial charge on any atom is -0.384 e. The Labute approximate surface area is 203 Å². The van der Waals surface area contributed by atoms with Gasteiger partial charge in [-0.3, -0.25) is 0 Å². The topological polar surface area (TPSA) is 59.5 Å². The van der Waals surface area contributed by atoms with Gasteiger partial charge in [0.1, 0.15) is 11.5 Å². The summed E-state index contributed by atoms with van der Waals surface area (Å²) >= 11 is 0. The molecule has 0 amide bonds. The molecule has 1 saturated heterocycles. The zero-order valence-electron chi connectivity index (χ0n) is 20.8. The lowest BCUT2D eigenvalue weighted by molar-refractivity contribution is 0.418. The second kappa shape index (κ2) is 11.5. The monoisotopic (exact) mass is 453 g/mol. The Kier molecular flexibility index (Phi) is 8.45. The number of nitrogens with zero attached hydrogens (tertiary/aromatic N) is 4. The summed E-state index contributed by atoms with van der Waals surface area (Å²) < 4.78 is 1.75. The van der Waals surface area contributed by atoms with Crippen molar-refractivity contribution in [2.45, 2.75) is 40.0 Å².